The molecular formula is C13H17ClFNO. The van der Waals surface area contributed by atoms with Gasteiger partial charge in [-0.1, -0.05) is 17.7 Å². The molecule has 17 heavy (non-hydrogen) atoms. The fraction of sp³-hybridized carbons (Fsp3) is 0.538. The van der Waals surface area contributed by atoms with E-state index in [9.17, 15) is 4.39 Å². The second kappa shape index (κ2) is 5.80. The van der Waals surface area contributed by atoms with Gasteiger partial charge in [0.1, 0.15) is 5.82 Å². The summed E-state index contributed by atoms with van der Waals surface area (Å²) >= 11 is 5.78. The lowest BCUT2D eigenvalue weighted by Crippen LogP contribution is -2.35. The normalized spacial score (nSPS) is 21.7. The van der Waals surface area contributed by atoms with Crippen LogP contribution in [-0.4, -0.2) is 26.3 Å². The van der Waals surface area contributed by atoms with Crippen LogP contribution in [-0.2, 0) is 11.2 Å². The Bertz CT molecular complexity index is 380. The SMILES string of the molecule is CNC(Cc1ccc(F)c(Cl)c1)C1CCOC1. The Morgan fingerprint density at radius 1 is 1.59 bits per heavy atom. The third-order valence-electron chi connectivity index (χ3n) is 3.34. The van der Waals surface area contributed by atoms with Crippen LogP contribution >= 0.6 is 11.6 Å². The standard InChI is InChI=1S/C13H17ClFNO/c1-16-13(10-4-5-17-8-10)7-9-2-3-12(15)11(14)6-9/h2-3,6,10,13,16H,4-5,7-8H2,1H3. The summed E-state index contributed by atoms with van der Waals surface area (Å²) in [6.45, 7) is 1.65. The summed E-state index contributed by atoms with van der Waals surface area (Å²) in [6.07, 6.45) is 1.94. The van der Waals surface area contributed by atoms with E-state index in [-0.39, 0.29) is 10.8 Å². The maximum atomic E-state index is 13.1. The zero-order chi connectivity index (χ0) is 12.3. The van der Waals surface area contributed by atoms with Gasteiger partial charge in [0.05, 0.1) is 11.6 Å². The molecule has 2 rings (SSSR count). The number of halogens is 2. The highest BCUT2D eigenvalue weighted by atomic mass is 35.5. The van der Waals surface area contributed by atoms with Crippen LogP contribution in [0.15, 0.2) is 18.2 Å². The molecule has 1 saturated heterocycles. The van der Waals surface area contributed by atoms with E-state index in [1.807, 2.05) is 7.05 Å². The number of ether oxygens (including phenoxy) is 1. The molecule has 2 unspecified atom stereocenters. The Morgan fingerprint density at radius 2 is 2.41 bits per heavy atom. The highest BCUT2D eigenvalue weighted by Crippen LogP contribution is 2.22. The van der Waals surface area contributed by atoms with E-state index in [2.05, 4.69) is 5.32 Å². The molecule has 0 aliphatic carbocycles. The molecule has 0 aromatic heterocycles. The van der Waals surface area contributed by atoms with Crippen LogP contribution in [0.1, 0.15) is 12.0 Å². The second-order valence-electron chi connectivity index (χ2n) is 4.47. The van der Waals surface area contributed by atoms with Crippen molar-refractivity contribution >= 4 is 11.6 Å². The smallest absolute Gasteiger partial charge is 0.141 e. The van der Waals surface area contributed by atoms with Crippen molar-refractivity contribution < 1.29 is 9.13 Å². The van der Waals surface area contributed by atoms with Gasteiger partial charge < -0.3 is 10.1 Å². The topological polar surface area (TPSA) is 21.3 Å². The summed E-state index contributed by atoms with van der Waals surface area (Å²) in [5.74, 6) is 0.171. The molecule has 1 aromatic rings. The first-order valence-corrected chi connectivity index (χ1v) is 6.27. The van der Waals surface area contributed by atoms with Crippen molar-refractivity contribution in [3.63, 3.8) is 0 Å². The van der Waals surface area contributed by atoms with E-state index < -0.39 is 0 Å². The average molecular weight is 258 g/mol. The van der Waals surface area contributed by atoms with Gasteiger partial charge in [0.25, 0.3) is 0 Å². The molecule has 1 N–H and O–H groups in total. The third-order valence-corrected chi connectivity index (χ3v) is 3.63. The third kappa shape index (κ3) is 3.18. The molecule has 94 valence electrons. The van der Waals surface area contributed by atoms with Gasteiger partial charge >= 0.3 is 0 Å². The molecule has 1 aliphatic rings. The Kier molecular flexibility index (Phi) is 4.37. The fourth-order valence-corrected chi connectivity index (χ4v) is 2.50. The molecule has 0 amide bonds. The van der Waals surface area contributed by atoms with Gasteiger partial charge in [-0.25, -0.2) is 4.39 Å². The molecule has 1 aromatic carbocycles. The quantitative estimate of drug-likeness (QED) is 0.895. The van der Waals surface area contributed by atoms with E-state index in [0.717, 1.165) is 31.6 Å². The van der Waals surface area contributed by atoms with Gasteiger partial charge in [-0.3, -0.25) is 0 Å². The van der Waals surface area contributed by atoms with Gasteiger partial charge in [0.15, 0.2) is 0 Å². The molecule has 4 heteroatoms. The van der Waals surface area contributed by atoms with Crippen LogP contribution in [0.2, 0.25) is 5.02 Å². The van der Waals surface area contributed by atoms with Gasteiger partial charge in [-0.2, -0.15) is 0 Å². The molecule has 2 nitrogen and oxygen atoms in total. The van der Waals surface area contributed by atoms with Crippen molar-refractivity contribution in [3.05, 3.63) is 34.6 Å². The second-order valence-corrected chi connectivity index (χ2v) is 4.88. The molecule has 0 radical (unpaired) electrons. The summed E-state index contributed by atoms with van der Waals surface area (Å²) < 4.78 is 18.4. The minimum Gasteiger partial charge on any atom is -0.381 e. The number of nitrogens with one attached hydrogen (secondary N) is 1. The van der Waals surface area contributed by atoms with Crippen LogP contribution in [0.25, 0.3) is 0 Å². The highest BCUT2D eigenvalue weighted by molar-refractivity contribution is 6.30. The first-order valence-electron chi connectivity index (χ1n) is 5.89. The lowest BCUT2D eigenvalue weighted by Gasteiger charge is -2.22. The van der Waals surface area contributed by atoms with Crippen molar-refractivity contribution in [1.82, 2.24) is 5.32 Å². The molecule has 0 spiro atoms. The van der Waals surface area contributed by atoms with Crippen molar-refractivity contribution in [2.45, 2.75) is 18.9 Å². The Labute approximate surface area is 106 Å². The average Bonchev–Trinajstić information content (AvgIpc) is 2.84. The predicted octanol–water partition coefficient (Wildman–Crippen LogP) is 2.65. The number of benzene rings is 1. The number of hydrogen-bond acceptors (Lipinski definition) is 2. The van der Waals surface area contributed by atoms with Crippen molar-refractivity contribution in [1.29, 1.82) is 0 Å². The molecule has 1 fully saturated rings. The largest absolute Gasteiger partial charge is 0.381 e. The number of hydrogen-bond donors (Lipinski definition) is 1. The van der Waals surface area contributed by atoms with Gasteiger partial charge in [-0.15, -0.1) is 0 Å². The summed E-state index contributed by atoms with van der Waals surface area (Å²) in [6, 6.07) is 5.28. The van der Waals surface area contributed by atoms with E-state index >= 15 is 0 Å². The lowest BCUT2D eigenvalue weighted by atomic mass is 9.93. The minimum atomic E-state index is -0.361. The Hall–Kier alpha value is -0.640. The summed E-state index contributed by atoms with van der Waals surface area (Å²) in [5.41, 5.74) is 1.06. The van der Waals surface area contributed by atoms with Gasteiger partial charge in [-0.05, 0) is 37.6 Å². The Balaban J connectivity index is 2.04. The van der Waals surface area contributed by atoms with E-state index in [1.165, 1.54) is 6.07 Å². The van der Waals surface area contributed by atoms with Gasteiger partial charge in [0.2, 0.25) is 0 Å². The van der Waals surface area contributed by atoms with E-state index in [0.29, 0.717) is 12.0 Å². The summed E-state index contributed by atoms with van der Waals surface area (Å²) in [5, 5.41) is 3.50. The fourth-order valence-electron chi connectivity index (χ4n) is 2.30. The molecular weight excluding hydrogens is 241 g/mol. The molecule has 1 aliphatic heterocycles. The van der Waals surface area contributed by atoms with Crippen molar-refractivity contribution in [2.24, 2.45) is 5.92 Å². The summed E-state index contributed by atoms with van der Waals surface area (Å²) in [4.78, 5) is 0. The lowest BCUT2D eigenvalue weighted by molar-refractivity contribution is 0.177. The van der Waals surface area contributed by atoms with Crippen molar-refractivity contribution in [3.8, 4) is 0 Å². The molecule has 0 saturated carbocycles. The van der Waals surface area contributed by atoms with Crippen LogP contribution < -0.4 is 5.32 Å². The minimum absolute atomic E-state index is 0.194. The maximum absolute atomic E-state index is 13.1. The van der Waals surface area contributed by atoms with Crippen molar-refractivity contribution in [2.75, 3.05) is 20.3 Å². The predicted molar refractivity (Wildman–Crippen MR) is 66.9 cm³/mol. The first-order chi connectivity index (χ1) is 8.20. The Morgan fingerprint density at radius 3 is 3.00 bits per heavy atom. The maximum Gasteiger partial charge on any atom is 0.141 e. The zero-order valence-electron chi connectivity index (χ0n) is 9.88. The van der Waals surface area contributed by atoms with E-state index in [1.54, 1.807) is 12.1 Å². The molecule has 1 heterocycles. The van der Waals surface area contributed by atoms with Crippen LogP contribution in [0.5, 0.6) is 0 Å². The van der Waals surface area contributed by atoms with Crippen LogP contribution in [0, 0.1) is 11.7 Å². The number of likely N-dealkylation sites (N-methyl/N-ethyl adjacent to an activating group) is 1. The zero-order valence-corrected chi connectivity index (χ0v) is 10.6. The highest BCUT2D eigenvalue weighted by Gasteiger charge is 2.24. The molecule has 0 bridgehead atoms. The summed E-state index contributed by atoms with van der Waals surface area (Å²) in [7, 11) is 1.95. The monoisotopic (exact) mass is 257 g/mol. The van der Waals surface area contributed by atoms with Crippen LogP contribution in [0.3, 0.4) is 0 Å². The van der Waals surface area contributed by atoms with Crippen LogP contribution in [0.4, 0.5) is 4.39 Å². The first kappa shape index (κ1) is 12.8. The van der Waals surface area contributed by atoms with E-state index in [4.69, 9.17) is 16.3 Å². The number of rotatable bonds is 4. The van der Waals surface area contributed by atoms with Gasteiger partial charge in [0, 0.05) is 18.6 Å². The molecule has 2 atom stereocenters.